The van der Waals surface area contributed by atoms with Gasteiger partial charge in [-0.15, -0.1) is 0 Å². The second-order valence-corrected chi connectivity index (χ2v) is 9.67. The van der Waals surface area contributed by atoms with Crippen molar-refractivity contribution in [2.24, 2.45) is 0 Å². The van der Waals surface area contributed by atoms with E-state index in [9.17, 15) is 20.1 Å². The molecule has 0 saturated heterocycles. The summed E-state index contributed by atoms with van der Waals surface area (Å²) in [6.07, 6.45) is 5.81. The minimum absolute atomic E-state index is 0.154. The van der Waals surface area contributed by atoms with Crippen molar-refractivity contribution in [1.82, 2.24) is 14.9 Å². The van der Waals surface area contributed by atoms with Gasteiger partial charge in [0.2, 0.25) is 0 Å². The Balaban J connectivity index is 1.64. The summed E-state index contributed by atoms with van der Waals surface area (Å²) in [5.74, 6) is -0.154. The van der Waals surface area contributed by atoms with Crippen LogP contribution in [-0.2, 0) is 6.42 Å². The van der Waals surface area contributed by atoms with Crippen molar-refractivity contribution in [2.45, 2.75) is 62.8 Å². The zero-order valence-corrected chi connectivity index (χ0v) is 19.5. The molecule has 4 unspecified atom stereocenters. The number of aliphatic hydroxyl groups excluding tert-OH is 3. The Morgan fingerprint density at radius 1 is 1.18 bits per heavy atom. The van der Waals surface area contributed by atoms with Crippen LogP contribution in [0.5, 0.6) is 0 Å². The molecule has 1 aromatic carbocycles. The molecule has 3 N–H and O–H groups in total. The van der Waals surface area contributed by atoms with E-state index in [1.165, 1.54) is 0 Å². The highest BCUT2D eigenvalue weighted by molar-refractivity contribution is 6.29. The largest absolute Gasteiger partial charge is 0.394 e. The zero-order chi connectivity index (χ0) is 23.8. The van der Waals surface area contributed by atoms with Gasteiger partial charge in [-0.1, -0.05) is 36.6 Å². The number of fused-ring (bicyclic) bond motifs is 3. The molecular formula is C26H28ClN3O4. The molecule has 2 aliphatic rings. The second kappa shape index (κ2) is 9.58. The number of hydrogen-bond donors (Lipinski definition) is 3. The summed E-state index contributed by atoms with van der Waals surface area (Å²) in [6.45, 7) is -0.395. The smallest absolute Gasteiger partial charge is 0.255 e. The van der Waals surface area contributed by atoms with Crippen molar-refractivity contribution in [2.75, 3.05) is 6.61 Å². The van der Waals surface area contributed by atoms with Gasteiger partial charge >= 0.3 is 0 Å². The van der Waals surface area contributed by atoms with E-state index in [1.54, 1.807) is 23.4 Å². The number of halogens is 1. The molecule has 2 aromatic heterocycles. The number of rotatable bonds is 6. The van der Waals surface area contributed by atoms with Crippen LogP contribution in [0.2, 0.25) is 5.15 Å². The number of carbonyl (C=O) groups excluding carboxylic acids is 1. The van der Waals surface area contributed by atoms with Crippen LogP contribution in [0.25, 0.3) is 10.9 Å². The van der Waals surface area contributed by atoms with E-state index in [0.717, 1.165) is 34.9 Å². The van der Waals surface area contributed by atoms with Crippen LogP contribution in [0.3, 0.4) is 0 Å². The van der Waals surface area contributed by atoms with Gasteiger partial charge < -0.3 is 20.2 Å². The third-order valence-electron chi connectivity index (χ3n) is 7.09. The molecule has 1 aliphatic carbocycles. The first-order valence-electron chi connectivity index (χ1n) is 11.8. The van der Waals surface area contributed by atoms with E-state index >= 15 is 0 Å². The quantitative estimate of drug-likeness (QED) is 0.466. The van der Waals surface area contributed by atoms with Crippen LogP contribution in [-0.4, -0.2) is 61.0 Å². The molecule has 5 rings (SSSR count). The Labute approximate surface area is 203 Å². The lowest BCUT2D eigenvalue weighted by molar-refractivity contribution is -0.00611. The maximum atomic E-state index is 13.8. The van der Waals surface area contributed by atoms with Gasteiger partial charge in [-0.05, 0) is 48.6 Å². The van der Waals surface area contributed by atoms with Gasteiger partial charge in [0.05, 0.1) is 36.4 Å². The molecule has 178 valence electrons. The van der Waals surface area contributed by atoms with Gasteiger partial charge in [0.25, 0.3) is 5.91 Å². The van der Waals surface area contributed by atoms with Crippen LogP contribution >= 0.6 is 11.6 Å². The first-order chi connectivity index (χ1) is 16.5. The van der Waals surface area contributed by atoms with Gasteiger partial charge in [-0.25, -0.2) is 4.98 Å². The predicted molar refractivity (Wildman–Crippen MR) is 129 cm³/mol. The number of amides is 1. The first-order valence-corrected chi connectivity index (χ1v) is 12.2. The van der Waals surface area contributed by atoms with Gasteiger partial charge in [-0.3, -0.25) is 9.78 Å². The Bertz CT molecular complexity index is 1200. The number of benzene rings is 1. The summed E-state index contributed by atoms with van der Waals surface area (Å²) >= 11 is 5.95. The van der Waals surface area contributed by atoms with E-state index in [4.69, 9.17) is 11.6 Å². The number of nitrogens with zero attached hydrogens (tertiary/aromatic N) is 3. The number of hydrogen-bond acceptors (Lipinski definition) is 6. The first kappa shape index (κ1) is 23.2. The summed E-state index contributed by atoms with van der Waals surface area (Å²) in [6, 6.07) is 8.65. The minimum atomic E-state index is -0.981. The molecule has 0 radical (unpaired) electrons. The van der Waals surface area contributed by atoms with E-state index < -0.39 is 24.9 Å². The van der Waals surface area contributed by atoms with Crippen molar-refractivity contribution in [3.8, 4) is 0 Å². The normalized spacial score (nSPS) is 23.4. The van der Waals surface area contributed by atoms with E-state index in [2.05, 4.69) is 9.97 Å². The molecule has 0 spiro atoms. The third kappa shape index (κ3) is 4.18. The maximum absolute atomic E-state index is 13.8. The molecule has 8 heteroatoms. The summed E-state index contributed by atoms with van der Waals surface area (Å²) < 4.78 is 0. The highest BCUT2D eigenvalue weighted by Crippen LogP contribution is 2.45. The Hall–Kier alpha value is -2.58. The third-order valence-corrected chi connectivity index (χ3v) is 7.32. The SMILES string of the molecule is O=C1c2cc(Cc3ccc(Cl)nc3)c3cccnc3c2C(CC(O)CO)N1C1CCCCC1O. The van der Waals surface area contributed by atoms with Gasteiger partial charge in [-0.2, -0.15) is 0 Å². The average molecular weight is 482 g/mol. The van der Waals surface area contributed by atoms with Crippen LogP contribution < -0.4 is 0 Å². The number of aliphatic hydroxyl groups is 3. The topological polar surface area (TPSA) is 107 Å². The molecule has 7 nitrogen and oxygen atoms in total. The number of aromatic nitrogens is 2. The molecule has 3 heterocycles. The summed E-state index contributed by atoms with van der Waals surface area (Å²) in [7, 11) is 0. The van der Waals surface area contributed by atoms with Crippen molar-refractivity contribution in [3.05, 3.63) is 70.1 Å². The van der Waals surface area contributed by atoms with E-state index in [0.29, 0.717) is 35.5 Å². The molecule has 1 aliphatic heterocycles. The van der Waals surface area contributed by atoms with Crippen molar-refractivity contribution >= 4 is 28.4 Å². The van der Waals surface area contributed by atoms with Crippen molar-refractivity contribution in [3.63, 3.8) is 0 Å². The van der Waals surface area contributed by atoms with Crippen LogP contribution in [0, 0.1) is 0 Å². The summed E-state index contributed by atoms with van der Waals surface area (Å²) in [5.41, 5.74) is 3.95. The van der Waals surface area contributed by atoms with E-state index in [-0.39, 0.29) is 18.4 Å². The standard InChI is InChI=1S/C26H28ClN3O4/c27-23-8-7-15(13-29-23)10-16-11-19-24(25-18(16)4-3-9-28-25)21(12-17(32)14-31)30(26(19)34)20-5-1-2-6-22(20)33/h3-4,7-9,11,13,17,20-22,31-33H,1-2,5-6,10,12,14H2. The monoisotopic (exact) mass is 481 g/mol. The highest BCUT2D eigenvalue weighted by Gasteiger charge is 2.45. The Kier molecular flexibility index (Phi) is 6.53. The van der Waals surface area contributed by atoms with Gasteiger partial charge in [0, 0.05) is 35.3 Å². The highest BCUT2D eigenvalue weighted by atomic mass is 35.5. The molecule has 1 amide bonds. The fourth-order valence-electron chi connectivity index (χ4n) is 5.51. The Morgan fingerprint density at radius 2 is 2.00 bits per heavy atom. The predicted octanol–water partition coefficient (Wildman–Crippen LogP) is 3.42. The summed E-state index contributed by atoms with van der Waals surface area (Å²) in [4.78, 5) is 24.4. The molecular weight excluding hydrogens is 454 g/mol. The van der Waals surface area contributed by atoms with Gasteiger partial charge in [0.15, 0.2) is 0 Å². The number of carbonyl (C=O) groups is 1. The average Bonchev–Trinajstić information content (AvgIpc) is 3.12. The number of pyridine rings is 2. The lowest BCUT2D eigenvalue weighted by Gasteiger charge is -2.39. The van der Waals surface area contributed by atoms with Crippen molar-refractivity contribution < 1.29 is 20.1 Å². The lowest BCUT2D eigenvalue weighted by atomic mass is 9.89. The van der Waals surface area contributed by atoms with Crippen molar-refractivity contribution in [1.29, 1.82) is 0 Å². The molecule has 1 saturated carbocycles. The molecule has 1 fully saturated rings. The fourth-order valence-corrected chi connectivity index (χ4v) is 5.62. The fraction of sp³-hybridized carbons (Fsp3) is 0.423. The lowest BCUT2D eigenvalue weighted by Crippen LogP contribution is -2.47. The maximum Gasteiger partial charge on any atom is 0.255 e. The molecule has 0 bridgehead atoms. The minimum Gasteiger partial charge on any atom is -0.394 e. The van der Waals surface area contributed by atoms with E-state index in [1.807, 2.05) is 24.3 Å². The van der Waals surface area contributed by atoms with Gasteiger partial charge in [0.1, 0.15) is 5.15 Å². The van der Waals surface area contributed by atoms with Crippen LogP contribution in [0.15, 0.2) is 42.7 Å². The Morgan fingerprint density at radius 3 is 2.74 bits per heavy atom. The zero-order valence-electron chi connectivity index (χ0n) is 18.8. The molecule has 34 heavy (non-hydrogen) atoms. The van der Waals surface area contributed by atoms with Crippen LogP contribution in [0.4, 0.5) is 0 Å². The summed E-state index contributed by atoms with van der Waals surface area (Å²) in [5, 5.41) is 32.1. The molecule has 4 atom stereocenters. The van der Waals surface area contributed by atoms with Crippen LogP contribution in [0.1, 0.15) is 65.2 Å². The molecule has 3 aromatic rings. The second-order valence-electron chi connectivity index (χ2n) is 9.28.